The number of hydrogen-bond donors (Lipinski definition) is 2. The van der Waals surface area contributed by atoms with Crippen molar-refractivity contribution in [3.8, 4) is 11.5 Å². The van der Waals surface area contributed by atoms with Gasteiger partial charge in [-0.2, -0.15) is 8.78 Å². The Balaban J connectivity index is 1.24. The molecule has 0 radical (unpaired) electrons. The average Bonchev–Trinajstić information content (AvgIpc) is 2.86. The molecule has 0 saturated carbocycles. The van der Waals surface area contributed by atoms with Gasteiger partial charge in [0.15, 0.2) is 6.61 Å². The SMILES string of the molecule is C[C@@H](Cc1ccc(OCC(F)(F)c2ccccc2)cc1)NC[C@@H](O)c1ccc2c(c1)COC(C)(C)O2. The second kappa shape index (κ2) is 10.9. The summed E-state index contributed by atoms with van der Waals surface area (Å²) in [6.45, 7) is 5.89. The molecular formula is C29H33F2NO4. The highest BCUT2D eigenvalue weighted by molar-refractivity contribution is 5.39. The van der Waals surface area contributed by atoms with E-state index < -0.39 is 24.4 Å². The van der Waals surface area contributed by atoms with Crippen LogP contribution in [0.3, 0.4) is 0 Å². The molecule has 7 heteroatoms. The first-order chi connectivity index (χ1) is 17.1. The van der Waals surface area contributed by atoms with E-state index in [1.165, 1.54) is 12.1 Å². The maximum atomic E-state index is 14.3. The molecule has 0 bridgehead atoms. The van der Waals surface area contributed by atoms with Gasteiger partial charge in [0, 0.05) is 37.6 Å². The van der Waals surface area contributed by atoms with Gasteiger partial charge in [0.2, 0.25) is 5.79 Å². The molecule has 0 fully saturated rings. The minimum atomic E-state index is -3.06. The lowest BCUT2D eigenvalue weighted by Crippen LogP contribution is -2.35. The number of rotatable bonds is 10. The number of halogens is 2. The summed E-state index contributed by atoms with van der Waals surface area (Å²) in [4.78, 5) is 0. The fourth-order valence-electron chi connectivity index (χ4n) is 4.08. The molecule has 2 N–H and O–H groups in total. The van der Waals surface area contributed by atoms with Crippen LogP contribution in [0.2, 0.25) is 0 Å². The van der Waals surface area contributed by atoms with E-state index in [2.05, 4.69) is 5.32 Å². The second-order valence-corrected chi connectivity index (χ2v) is 9.69. The Kier molecular flexibility index (Phi) is 7.93. The standard InChI is InChI=1S/C29H33F2NO4/c1-20(32-17-26(33)22-11-14-27-23(16-22)18-35-28(2,3)36-27)15-21-9-12-25(13-10-21)34-19-29(30,31)24-7-5-4-6-8-24/h4-14,16,20,26,32-33H,15,17-19H2,1-3H3/t20-,26+/m0/s1. The van der Waals surface area contributed by atoms with Crippen LogP contribution in [0.4, 0.5) is 8.78 Å². The smallest absolute Gasteiger partial charge is 0.306 e. The molecule has 0 spiro atoms. The third-order valence-electron chi connectivity index (χ3n) is 6.14. The van der Waals surface area contributed by atoms with Crippen molar-refractivity contribution in [2.24, 2.45) is 0 Å². The summed E-state index contributed by atoms with van der Waals surface area (Å²) in [6, 6.07) is 20.6. The molecule has 192 valence electrons. The zero-order valence-corrected chi connectivity index (χ0v) is 20.8. The summed E-state index contributed by atoms with van der Waals surface area (Å²) < 4.78 is 45.5. The van der Waals surface area contributed by atoms with Gasteiger partial charge in [-0.05, 0) is 48.7 Å². The molecule has 0 aromatic heterocycles. The van der Waals surface area contributed by atoms with Gasteiger partial charge in [-0.15, -0.1) is 0 Å². The summed E-state index contributed by atoms with van der Waals surface area (Å²) >= 11 is 0. The van der Waals surface area contributed by atoms with E-state index in [1.807, 2.05) is 51.1 Å². The van der Waals surface area contributed by atoms with Crippen molar-refractivity contribution in [2.75, 3.05) is 13.2 Å². The summed E-state index contributed by atoms with van der Waals surface area (Å²) in [5, 5.41) is 14.0. The van der Waals surface area contributed by atoms with Crippen LogP contribution < -0.4 is 14.8 Å². The van der Waals surface area contributed by atoms with Gasteiger partial charge in [0.25, 0.3) is 0 Å². The Hall–Kier alpha value is -3.00. The Bertz CT molecular complexity index is 1140. The average molecular weight is 498 g/mol. The number of hydrogen-bond acceptors (Lipinski definition) is 5. The Morgan fingerprint density at radius 1 is 1.06 bits per heavy atom. The molecule has 0 aliphatic carbocycles. The molecule has 1 heterocycles. The monoisotopic (exact) mass is 497 g/mol. The molecule has 2 atom stereocenters. The molecule has 4 rings (SSSR count). The largest absolute Gasteiger partial charge is 0.487 e. The van der Waals surface area contributed by atoms with Crippen molar-refractivity contribution in [3.63, 3.8) is 0 Å². The fraction of sp³-hybridized carbons (Fsp3) is 0.379. The van der Waals surface area contributed by atoms with E-state index in [-0.39, 0.29) is 11.6 Å². The van der Waals surface area contributed by atoms with E-state index in [0.717, 1.165) is 22.4 Å². The predicted octanol–water partition coefficient (Wildman–Crippen LogP) is 5.76. The van der Waals surface area contributed by atoms with Gasteiger partial charge in [0.1, 0.15) is 11.5 Å². The van der Waals surface area contributed by atoms with E-state index in [9.17, 15) is 13.9 Å². The summed E-state index contributed by atoms with van der Waals surface area (Å²) in [6.07, 6.45) is 0.0449. The van der Waals surface area contributed by atoms with Crippen molar-refractivity contribution in [3.05, 3.63) is 95.1 Å². The maximum absolute atomic E-state index is 14.3. The number of aliphatic hydroxyl groups is 1. The number of benzene rings is 3. The lowest BCUT2D eigenvalue weighted by molar-refractivity contribution is -0.180. The molecule has 0 amide bonds. The Morgan fingerprint density at radius 2 is 1.78 bits per heavy atom. The summed E-state index contributed by atoms with van der Waals surface area (Å²) in [5.74, 6) is -2.54. The highest BCUT2D eigenvalue weighted by Crippen LogP contribution is 2.33. The minimum absolute atomic E-state index is 0.0651. The second-order valence-electron chi connectivity index (χ2n) is 9.69. The number of fused-ring (bicyclic) bond motifs is 1. The van der Waals surface area contributed by atoms with Crippen LogP contribution in [0.5, 0.6) is 11.5 Å². The van der Waals surface area contributed by atoms with Crippen LogP contribution in [-0.4, -0.2) is 30.1 Å². The molecule has 1 aliphatic rings. The van der Waals surface area contributed by atoms with Gasteiger partial charge < -0.3 is 24.6 Å². The summed E-state index contributed by atoms with van der Waals surface area (Å²) in [5.41, 5.74) is 2.69. The zero-order valence-electron chi connectivity index (χ0n) is 20.8. The molecule has 1 aliphatic heterocycles. The lowest BCUT2D eigenvalue weighted by Gasteiger charge is -2.33. The van der Waals surface area contributed by atoms with E-state index in [1.54, 1.807) is 30.3 Å². The van der Waals surface area contributed by atoms with Crippen LogP contribution in [0.15, 0.2) is 72.8 Å². The van der Waals surface area contributed by atoms with Crippen LogP contribution in [0, 0.1) is 0 Å². The number of ether oxygens (including phenoxy) is 3. The number of nitrogens with one attached hydrogen (secondary N) is 1. The number of aliphatic hydroxyl groups excluding tert-OH is 1. The quantitative estimate of drug-likeness (QED) is 0.373. The van der Waals surface area contributed by atoms with Gasteiger partial charge in [-0.25, -0.2) is 0 Å². The van der Waals surface area contributed by atoms with Crippen molar-refractivity contribution in [1.82, 2.24) is 5.32 Å². The van der Waals surface area contributed by atoms with Crippen LogP contribution >= 0.6 is 0 Å². The third-order valence-corrected chi connectivity index (χ3v) is 6.14. The zero-order chi connectivity index (χ0) is 25.8. The van der Waals surface area contributed by atoms with Crippen molar-refractivity contribution >= 4 is 0 Å². The molecule has 5 nitrogen and oxygen atoms in total. The van der Waals surface area contributed by atoms with Crippen LogP contribution in [-0.2, 0) is 23.7 Å². The summed E-state index contributed by atoms with van der Waals surface area (Å²) in [7, 11) is 0. The van der Waals surface area contributed by atoms with Crippen molar-refractivity contribution < 1.29 is 28.1 Å². The first-order valence-corrected chi connectivity index (χ1v) is 12.1. The minimum Gasteiger partial charge on any atom is -0.487 e. The predicted molar refractivity (Wildman–Crippen MR) is 134 cm³/mol. The van der Waals surface area contributed by atoms with E-state index in [4.69, 9.17) is 14.2 Å². The molecule has 0 unspecified atom stereocenters. The maximum Gasteiger partial charge on any atom is 0.306 e. The highest BCUT2D eigenvalue weighted by atomic mass is 19.3. The molecular weight excluding hydrogens is 464 g/mol. The number of alkyl halides is 2. The van der Waals surface area contributed by atoms with Crippen molar-refractivity contribution in [1.29, 1.82) is 0 Å². The topological polar surface area (TPSA) is 60.0 Å². The van der Waals surface area contributed by atoms with Crippen LogP contribution in [0.1, 0.15) is 49.1 Å². The third kappa shape index (κ3) is 6.81. The highest BCUT2D eigenvalue weighted by Gasteiger charge is 2.32. The molecule has 3 aromatic carbocycles. The Labute approximate surface area is 211 Å². The first-order valence-electron chi connectivity index (χ1n) is 12.1. The van der Waals surface area contributed by atoms with E-state index in [0.29, 0.717) is 25.3 Å². The normalized spacial score (nSPS) is 16.5. The Morgan fingerprint density at radius 3 is 2.50 bits per heavy atom. The first kappa shape index (κ1) is 26.1. The van der Waals surface area contributed by atoms with Crippen molar-refractivity contribution in [2.45, 2.75) is 57.7 Å². The molecule has 0 saturated heterocycles. The van der Waals surface area contributed by atoms with Crippen LogP contribution in [0.25, 0.3) is 0 Å². The van der Waals surface area contributed by atoms with Gasteiger partial charge >= 0.3 is 5.92 Å². The lowest BCUT2D eigenvalue weighted by atomic mass is 10.0. The molecule has 36 heavy (non-hydrogen) atoms. The molecule has 3 aromatic rings. The van der Waals surface area contributed by atoms with Gasteiger partial charge in [-0.1, -0.05) is 48.5 Å². The van der Waals surface area contributed by atoms with Gasteiger partial charge in [0.05, 0.1) is 12.7 Å². The van der Waals surface area contributed by atoms with E-state index >= 15 is 0 Å². The van der Waals surface area contributed by atoms with Gasteiger partial charge in [-0.3, -0.25) is 0 Å². The fourth-order valence-corrected chi connectivity index (χ4v) is 4.08.